The molecule has 0 bridgehead atoms. The van der Waals surface area contributed by atoms with Gasteiger partial charge in [-0.3, -0.25) is 10.1 Å². The van der Waals surface area contributed by atoms with Gasteiger partial charge in [-0.05, 0) is 6.07 Å². The summed E-state index contributed by atoms with van der Waals surface area (Å²) >= 11 is 0. The molecule has 1 aromatic rings. The van der Waals surface area contributed by atoms with Gasteiger partial charge < -0.3 is 10.8 Å². The highest BCUT2D eigenvalue weighted by molar-refractivity contribution is 5.85. The topological polar surface area (TPSA) is 113 Å². The lowest BCUT2D eigenvalue weighted by molar-refractivity contribution is -0.386. The van der Waals surface area contributed by atoms with Gasteiger partial charge in [0.1, 0.15) is 6.04 Å². The van der Waals surface area contributed by atoms with Gasteiger partial charge in [-0.2, -0.15) is 18.4 Å². The zero-order valence-corrected chi connectivity index (χ0v) is 9.83. The number of phenolic OH excluding ortho intramolecular Hbond substituents is 1. The molecule has 0 heterocycles. The van der Waals surface area contributed by atoms with E-state index in [1.54, 1.807) is 0 Å². The summed E-state index contributed by atoms with van der Waals surface area (Å²) in [5.74, 6) is -1.19. The molecule has 6 nitrogen and oxygen atoms in total. The molecule has 0 amide bonds. The zero-order valence-electron chi connectivity index (χ0n) is 9.01. The van der Waals surface area contributed by atoms with Gasteiger partial charge in [0.15, 0.2) is 5.75 Å². The number of nitro groups is 1. The van der Waals surface area contributed by atoms with Crippen LogP contribution in [0.3, 0.4) is 0 Å². The highest BCUT2D eigenvalue weighted by Crippen LogP contribution is 2.40. The Kier molecular flexibility index (Phi) is 5.11. The first-order valence-electron chi connectivity index (χ1n) is 4.42. The van der Waals surface area contributed by atoms with E-state index in [1.165, 1.54) is 6.07 Å². The van der Waals surface area contributed by atoms with Gasteiger partial charge in [-0.1, -0.05) is 0 Å². The predicted molar refractivity (Wildman–Crippen MR) is 59.7 cm³/mol. The molecule has 0 fully saturated rings. The molecule has 0 aliphatic carbocycles. The summed E-state index contributed by atoms with van der Waals surface area (Å²) in [6, 6.07) is 0.186. The van der Waals surface area contributed by atoms with Crippen molar-refractivity contribution in [3.63, 3.8) is 0 Å². The summed E-state index contributed by atoms with van der Waals surface area (Å²) < 4.78 is 37.2. The highest BCUT2D eigenvalue weighted by Gasteiger charge is 2.41. The number of hydrogen-bond donors (Lipinski definition) is 2. The van der Waals surface area contributed by atoms with Crippen LogP contribution in [0.25, 0.3) is 0 Å². The Hall–Kier alpha value is -2.05. The average molecular weight is 298 g/mol. The van der Waals surface area contributed by atoms with E-state index in [4.69, 9.17) is 11.0 Å². The van der Waals surface area contributed by atoms with Crippen molar-refractivity contribution in [3.8, 4) is 11.8 Å². The number of benzene rings is 1. The van der Waals surface area contributed by atoms with Gasteiger partial charge in [0.25, 0.3) is 0 Å². The molecule has 0 spiro atoms. The molecule has 10 heteroatoms. The second kappa shape index (κ2) is 5.73. The molecule has 0 unspecified atom stereocenters. The first kappa shape index (κ1) is 16.9. The van der Waals surface area contributed by atoms with Crippen LogP contribution in [0, 0.1) is 21.4 Å². The van der Waals surface area contributed by atoms with Crippen LogP contribution in [0.15, 0.2) is 12.1 Å². The lowest BCUT2D eigenvalue weighted by Gasteiger charge is -2.17. The van der Waals surface area contributed by atoms with Crippen LogP contribution >= 0.6 is 12.4 Å². The van der Waals surface area contributed by atoms with Crippen LogP contribution in [0.5, 0.6) is 5.75 Å². The largest absolute Gasteiger partial charge is 0.502 e. The Balaban J connectivity index is 0.00000324. The van der Waals surface area contributed by atoms with Crippen LogP contribution < -0.4 is 5.73 Å². The number of nitro benzene ring substituents is 1. The maximum atomic E-state index is 12.4. The lowest BCUT2D eigenvalue weighted by Crippen LogP contribution is -2.28. The average Bonchev–Trinajstić information content (AvgIpc) is 2.26. The lowest BCUT2D eigenvalue weighted by atomic mass is 10.0. The fourth-order valence-corrected chi connectivity index (χ4v) is 1.26. The zero-order chi connectivity index (χ0) is 14.1. The number of rotatable bonds is 2. The third-order valence-corrected chi connectivity index (χ3v) is 2.13. The van der Waals surface area contributed by atoms with Crippen LogP contribution in [0.4, 0.5) is 18.9 Å². The normalized spacial score (nSPS) is 12.2. The minimum absolute atomic E-state index is 0. The van der Waals surface area contributed by atoms with Crippen molar-refractivity contribution < 1.29 is 23.2 Å². The molecule has 3 N–H and O–H groups in total. The van der Waals surface area contributed by atoms with Crippen LogP contribution in [0.1, 0.15) is 17.2 Å². The monoisotopic (exact) mass is 297 g/mol. The molecule has 104 valence electrons. The Labute approximate surface area is 110 Å². The Bertz CT molecular complexity index is 542. The number of halogens is 4. The second-order valence-corrected chi connectivity index (χ2v) is 3.32. The van der Waals surface area contributed by atoms with E-state index in [0.717, 1.165) is 0 Å². The van der Waals surface area contributed by atoms with Gasteiger partial charge in [0.2, 0.25) is 0 Å². The van der Waals surface area contributed by atoms with E-state index in [-0.39, 0.29) is 12.4 Å². The number of nitrogens with zero attached hydrogens (tertiary/aromatic N) is 2. The summed E-state index contributed by atoms with van der Waals surface area (Å²) in [6.45, 7) is 0. The van der Waals surface area contributed by atoms with E-state index >= 15 is 0 Å². The van der Waals surface area contributed by atoms with Crippen molar-refractivity contribution in [2.75, 3.05) is 0 Å². The minimum Gasteiger partial charge on any atom is -0.502 e. The quantitative estimate of drug-likeness (QED) is 0.641. The molecule has 0 aromatic heterocycles. The van der Waals surface area contributed by atoms with Crippen LogP contribution in [-0.4, -0.2) is 16.2 Å². The Morgan fingerprint density at radius 2 is 2.00 bits per heavy atom. The summed E-state index contributed by atoms with van der Waals surface area (Å²) in [5.41, 5.74) is 2.55. The fraction of sp³-hybridized carbons (Fsp3) is 0.222. The van der Waals surface area contributed by atoms with Crippen molar-refractivity contribution >= 4 is 18.1 Å². The first-order chi connectivity index (χ1) is 8.18. The molecule has 0 saturated heterocycles. The Morgan fingerprint density at radius 1 is 1.47 bits per heavy atom. The van der Waals surface area contributed by atoms with Gasteiger partial charge >= 0.3 is 11.9 Å². The van der Waals surface area contributed by atoms with Crippen molar-refractivity contribution in [2.45, 2.75) is 12.2 Å². The maximum absolute atomic E-state index is 12.4. The Morgan fingerprint density at radius 3 is 2.37 bits per heavy atom. The van der Waals surface area contributed by atoms with Crippen molar-refractivity contribution in [2.24, 2.45) is 5.73 Å². The molecule has 0 aliphatic rings. The second-order valence-electron chi connectivity index (χ2n) is 3.32. The number of aromatic hydroxyl groups is 1. The van der Waals surface area contributed by atoms with E-state index in [1.807, 2.05) is 0 Å². The van der Waals surface area contributed by atoms with Crippen LogP contribution in [-0.2, 0) is 0 Å². The van der Waals surface area contributed by atoms with Crippen molar-refractivity contribution in [1.82, 2.24) is 0 Å². The van der Waals surface area contributed by atoms with E-state index in [0.29, 0.717) is 12.1 Å². The van der Waals surface area contributed by atoms with Crippen molar-refractivity contribution in [1.29, 1.82) is 5.26 Å². The number of phenols is 1. The smallest absolute Gasteiger partial charge is 0.407 e. The number of nitrogens with two attached hydrogens (primary N) is 1. The molecule has 0 radical (unpaired) electrons. The van der Waals surface area contributed by atoms with Crippen LogP contribution in [0.2, 0.25) is 0 Å². The van der Waals surface area contributed by atoms with Gasteiger partial charge in [0, 0.05) is 11.6 Å². The molecular weight excluding hydrogens is 291 g/mol. The number of hydrogen-bond acceptors (Lipinski definition) is 5. The summed E-state index contributed by atoms with van der Waals surface area (Å²) in [7, 11) is 0. The third-order valence-electron chi connectivity index (χ3n) is 2.13. The molecule has 0 saturated carbocycles. The number of alkyl halides is 3. The summed E-state index contributed by atoms with van der Waals surface area (Å²) in [5, 5.41) is 28.5. The molecule has 1 rings (SSSR count). The van der Waals surface area contributed by atoms with Gasteiger partial charge in [0.05, 0.1) is 16.6 Å². The fourth-order valence-electron chi connectivity index (χ4n) is 1.26. The van der Waals surface area contributed by atoms with Gasteiger partial charge in [-0.15, -0.1) is 12.4 Å². The molecular formula is C9H7ClF3N3O3. The van der Waals surface area contributed by atoms with E-state index in [9.17, 15) is 28.4 Å². The molecule has 1 aromatic carbocycles. The SMILES string of the molecule is Cl.N#Cc1cc([C@H](N)C(F)(F)F)c(O)c([N+](=O)[O-])c1. The predicted octanol–water partition coefficient (Wildman–Crippen LogP) is 2.16. The first-order valence-corrected chi connectivity index (χ1v) is 4.42. The van der Waals surface area contributed by atoms with Gasteiger partial charge in [-0.25, -0.2) is 0 Å². The van der Waals surface area contributed by atoms with E-state index < -0.39 is 39.7 Å². The molecule has 1 atom stereocenters. The standard InChI is InChI=1S/C9H6F3N3O3.ClH/c10-9(11,12)8(14)5-1-4(3-13)2-6(7(5)16)15(17)18;/h1-2,8,16H,14H2;1H/t8-;/m0./s1. The summed E-state index contributed by atoms with van der Waals surface area (Å²) in [6.07, 6.45) is -4.89. The van der Waals surface area contributed by atoms with E-state index in [2.05, 4.69) is 0 Å². The maximum Gasteiger partial charge on any atom is 0.407 e. The third kappa shape index (κ3) is 3.46. The number of nitriles is 1. The minimum atomic E-state index is -4.89. The molecule has 0 aliphatic heterocycles. The van der Waals surface area contributed by atoms with Crippen molar-refractivity contribution in [3.05, 3.63) is 33.4 Å². The molecule has 19 heavy (non-hydrogen) atoms. The highest BCUT2D eigenvalue weighted by atomic mass is 35.5. The summed E-state index contributed by atoms with van der Waals surface area (Å²) in [4.78, 5) is 9.43.